The molecule has 0 saturated heterocycles. The summed E-state index contributed by atoms with van der Waals surface area (Å²) >= 11 is 0. The Kier molecular flexibility index (Phi) is 6.90. The van der Waals surface area contributed by atoms with E-state index in [0.717, 1.165) is 0 Å². The molecule has 1 atom stereocenters. The number of hydrogen-bond acceptors (Lipinski definition) is 2. The Morgan fingerprint density at radius 2 is 1.00 bits per heavy atom. The SMILES string of the molecule is O=S(=O)(O)C(F)C(F)(F)C(F)(F)C(F)(F)C(F)(F)C(F)F.[LiH]. The molecule has 0 saturated carbocycles. The average molecular weight is 372 g/mol. The summed E-state index contributed by atoms with van der Waals surface area (Å²) in [6.07, 6.45) is -5.56. The molecule has 1 unspecified atom stereocenters. The van der Waals surface area contributed by atoms with Gasteiger partial charge in [-0.1, -0.05) is 0 Å². The van der Waals surface area contributed by atoms with E-state index in [-0.39, 0.29) is 18.9 Å². The summed E-state index contributed by atoms with van der Waals surface area (Å²) in [6.45, 7) is 0. The van der Waals surface area contributed by atoms with Gasteiger partial charge in [-0.25, -0.2) is 13.2 Å². The molecular formula is C6H4F11LiO3S. The van der Waals surface area contributed by atoms with Gasteiger partial charge in [0.1, 0.15) is 0 Å². The molecule has 1 N–H and O–H groups in total. The van der Waals surface area contributed by atoms with E-state index in [1.807, 2.05) is 0 Å². The van der Waals surface area contributed by atoms with Crippen LogP contribution in [0, 0.1) is 0 Å². The minimum absolute atomic E-state index is 0. The van der Waals surface area contributed by atoms with E-state index >= 15 is 0 Å². The second kappa shape index (κ2) is 6.33. The number of alkyl halides is 11. The van der Waals surface area contributed by atoms with Crippen molar-refractivity contribution in [2.45, 2.75) is 35.6 Å². The Hall–Kier alpha value is -0.263. The standard InChI is InChI=1S/C6H3F11O3S.Li.H/c7-1(8)3(10,11)5(14,15)6(16,17)4(12,13)2(9)21(18,19)20;;/h1-2H,(H,18,19,20);;. The van der Waals surface area contributed by atoms with Crippen LogP contribution < -0.4 is 0 Å². The Labute approximate surface area is 126 Å². The molecule has 16 heteroatoms. The van der Waals surface area contributed by atoms with Crippen LogP contribution >= 0.6 is 0 Å². The van der Waals surface area contributed by atoms with Crippen LogP contribution in [-0.2, 0) is 10.1 Å². The Morgan fingerprint density at radius 3 is 1.23 bits per heavy atom. The third-order valence-electron chi connectivity index (χ3n) is 2.05. The fourth-order valence-corrected chi connectivity index (χ4v) is 1.41. The van der Waals surface area contributed by atoms with Gasteiger partial charge < -0.3 is 0 Å². The summed E-state index contributed by atoms with van der Waals surface area (Å²) in [6, 6.07) is 0. The summed E-state index contributed by atoms with van der Waals surface area (Å²) in [5.74, 6) is -29.3. The summed E-state index contributed by atoms with van der Waals surface area (Å²) in [7, 11) is -6.73. The van der Waals surface area contributed by atoms with Crippen LogP contribution in [0.1, 0.15) is 0 Å². The van der Waals surface area contributed by atoms with E-state index in [1.165, 1.54) is 0 Å². The Bertz CT molecular complexity index is 490. The molecule has 0 fully saturated rings. The average Bonchev–Trinajstić information content (AvgIpc) is 2.25. The second-order valence-corrected chi connectivity index (χ2v) is 4.97. The van der Waals surface area contributed by atoms with Gasteiger partial charge in [0, 0.05) is 0 Å². The molecule has 3 nitrogen and oxygen atoms in total. The third-order valence-corrected chi connectivity index (χ3v) is 2.87. The molecule has 0 amide bonds. The van der Waals surface area contributed by atoms with E-state index < -0.39 is 45.7 Å². The Balaban J connectivity index is 0. The quantitative estimate of drug-likeness (QED) is 0.443. The number of rotatable bonds is 6. The molecule has 22 heavy (non-hydrogen) atoms. The topological polar surface area (TPSA) is 54.4 Å². The predicted octanol–water partition coefficient (Wildman–Crippen LogP) is 2.33. The van der Waals surface area contributed by atoms with Crippen molar-refractivity contribution in [2.75, 3.05) is 0 Å². The van der Waals surface area contributed by atoms with E-state index in [9.17, 15) is 56.7 Å². The van der Waals surface area contributed by atoms with Crippen LogP contribution in [0.2, 0.25) is 0 Å². The maximum absolute atomic E-state index is 12.7. The molecule has 0 aliphatic heterocycles. The van der Waals surface area contributed by atoms with Crippen molar-refractivity contribution in [3.05, 3.63) is 0 Å². The molecule has 0 aliphatic rings. The molecule has 0 radical (unpaired) electrons. The van der Waals surface area contributed by atoms with Crippen LogP contribution in [0.25, 0.3) is 0 Å². The normalized spacial score (nSPS) is 16.4. The van der Waals surface area contributed by atoms with Crippen molar-refractivity contribution in [2.24, 2.45) is 0 Å². The molecule has 0 aromatic carbocycles. The number of hydrogen-bond donors (Lipinski definition) is 1. The van der Waals surface area contributed by atoms with Crippen LogP contribution in [-0.4, -0.2) is 67.5 Å². The first-order chi connectivity index (χ1) is 8.85. The zero-order valence-corrected chi connectivity index (χ0v) is 9.80. The first-order valence-electron chi connectivity index (χ1n) is 4.25. The van der Waals surface area contributed by atoms with Crippen molar-refractivity contribution in [3.63, 3.8) is 0 Å². The fourth-order valence-electron chi connectivity index (χ4n) is 0.885. The molecule has 0 bridgehead atoms. The monoisotopic (exact) mass is 372 g/mol. The molecule has 0 aromatic heterocycles. The molecule has 0 aromatic rings. The van der Waals surface area contributed by atoms with Crippen molar-refractivity contribution >= 4 is 29.0 Å². The zero-order chi connectivity index (χ0) is 17.7. The minimum atomic E-state index is -7.57. The van der Waals surface area contributed by atoms with Gasteiger partial charge in [0.05, 0.1) is 0 Å². The molecule has 130 valence electrons. The first kappa shape index (κ1) is 24.0. The van der Waals surface area contributed by atoms with Crippen LogP contribution in [0.4, 0.5) is 48.3 Å². The van der Waals surface area contributed by atoms with E-state index in [4.69, 9.17) is 4.55 Å². The molecule has 0 aliphatic carbocycles. The third kappa shape index (κ3) is 3.46. The Morgan fingerprint density at radius 1 is 0.727 bits per heavy atom. The molecule has 0 rings (SSSR count). The van der Waals surface area contributed by atoms with Gasteiger partial charge in [-0.2, -0.15) is 43.5 Å². The van der Waals surface area contributed by atoms with Crippen molar-refractivity contribution in [3.8, 4) is 0 Å². The van der Waals surface area contributed by atoms with Crippen molar-refractivity contribution in [1.82, 2.24) is 0 Å². The molecule has 0 spiro atoms. The van der Waals surface area contributed by atoms with Gasteiger partial charge in [-0.15, -0.1) is 0 Å². The van der Waals surface area contributed by atoms with Gasteiger partial charge in [-0.05, 0) is 0 Å². The van der Waals surface area contributed by atoms with E-state index in [0.29, 0.717) is 0 Å². The summed E-state index contributed by atoms with van der Waals surface area (Å²) in [5.41, 5.74) is -5.46. The van der Waals surface area contributed by atoms with Crippen molar-refractivity contribution < 1.29 is 61.3 Å². The molecular weight excluding hydrogens is 368 g/mol. The second-order valence-electron chi connectivity index (χ2n) is 3.53. The van der Waals surface area contributed by atoms with Gasteiger partial charge in [0.25, 0.3) is 5.50 Å². The first-order valence-corrected chi connectivity index (χ1v) is 5.75. The van der Waals surface area contributed by atoms with Crippen molar-refractivity contribution in [1.29, 1.82) is 0 Å². The van der Waals surface area contributed by atoms with Gasteiger partial charge in [-0.3, -0.25) is 4.55 Å². The maximum atomic E-state index is 12.7. The summed E-state index contributed by atoms with van der Waals surface area (Å²) in [5, 5.41) is 0. The van der Waals surface area contributed by atoms with Gasteiger partial charge in [0.15, 0.2) is 0 Å². The number of halogens is 11. The van der Waals surface area contributed by atoms with Crippen LogP contribution in [0.15, 0.2) is 0 Å². The van der Waals surface area contributed by atoms with Gasteiger partial charge >= 0.3 is 59.1 Å². The summed E-state index contributed by atoms with van der Waals surface area (Å²) in [4.78, 5) is 0. The van der Waals surface area contributed by atoms with Crippen LogP contribution in [0.3, 0.4) is 0 Å². The molecule has 0 heterocycles. The zero-order valence-electron chi connectivity index (χ0n) is 8.98. The predicted molar refractivity (Wildman–Crippen MR) is 49.4 cm³/mol. The van der Waals surface area contributed by atoms with Crippen LogP contribution in [0.5, 0.6) is 0 Å². The van der Waals surface area contributed by atoms with E-state index in [2.05, 4.69) is 0 Å². The fraction of sp³-hybridized carbons (Fsp3) is 1.00. The van der Waals surface area contributed by atoms with E-state index in [1.54, 1.807) is 0 Å². The summed E-state index contributed by atoms with van der Waals surface area (Å²) < 4.78 is 164. The van der Waals surface area contributed by atoms with Gasteiger partial charge in [0.2, 0.25) is 0 Å².